The highest BCUT2D eigenvalue weighted by Crippen LogP contribution is 1.86. The molecule has 0 atom stereocenters. The molecule has 0 aromatic heterocycles. The first kappa shape index (κ1) is 10.8. The molecule has 2 N–H and O–H groups in total. The third-order valence-corrected chi connectivity index (χ3v) is 1.21. The van der Waals surface area contributed by atoms with Crippen molar-refractivity contribution in [1.82, 2.24) is 10.3 Å². The molecule has 0 aliphatic heterocycles. The van der Waals surface area contributed by atoms with Crippen LogP contribution in [0.2, 0.25) is 0 Å². The third-order valence-electron chi connectivity index (χ3n) is 1.21. The summed E-state index contributed by atoms with van der Waals surface area (Å²) in [6.07, 6.45) is 0.978. The van der Waals surface area contributed by atoms with E-state index in [4.69, 9.17) is 15.2 Å². The molecule has 0 unspecified atom stereocenters. The van der Waals surface area contributed by atoms with E-state index in [1.165, 1.54) is 5.01 Å². The van der Waals surface area contributed by atoms with Crippen LogP contribution < -0.4 is 0 Å². The maximum absolute atomic E-state index is 8.44. The molecule has 0 aromatic carbocycles. The van der Waals surface area contributed by atoms with Gasteiger partial charge in [0.1, 0.15) is 0 Å². The number of hydrogen-bond acceptors (Lipinski definition) is 5. The minimum atomic E-state index is 0.0509. The van der Waals surface area contributed by atoms with Crippen molar-refractivity contribution in [3.63, 3.8) is 0 Å². The number of ether oxygens (including phenoxy) is 1. The average molecular weight is 164 g/mol. The summed E-state index contributed by atoms with van der Waals surface area (Å²) in [5.74, 6) is 0. The van der Waals surface area contributed by atoms with Crippen LogP contribution >= 0.6 is 0 Å². The Hall–Kier alpha value is -0.200. The fraction of sp³-hybridized carbons (Fsp3) is 1.00. The van der Waals surface area contributed by atoms with Crippen molar-refractivity contribution in [2.24, 2.45) is 0 Å². The summed E-state index contributed by atoms with van der Waals surface area (Å²) in [4.78, 5) is 0. The van der Waals surface area contributed by atoms with E-state index in [-0.39, 0.29) is 5.34 Å². The predicted molar refractivity (Wildman–Crippen MR) is 39.2 cm³/mol. The molecule has 0 saturated carbocycles. The van der Waals surface area contributed by atoms with Gasteiger partial charge in [-0.1, -0.05) is 6.92 Å². The van der Waals surface area contributed by atoms with Crippen molar-refractivity contribution in [2.45, 2.75) is 13.3 Å². The van der Waals surface area contributed by atoms with E-state index in [1.807, 2.05) is 6.92 Å². The zero-order valence-electron chi connectivity index (χ0n) is 7.03. The van der Waals surface area contributed by atoms with Crippen molar-refractivity contribution in [3.05, 3.63) is 0 Å². The van der Waals surface area contributed by atoms with Gasteiger partial charge < -0.3 is 4.74 Å². The summed E-state index contributed by atoms with van der Waals surface area (Å²) in [6, 6.07) is 0. The van der Waals surface area contributed by atoms with Gasteiger partial charge in [-0.05, 0) is 6.42 Å². The second-order valence-electron chi connectivity index (χ2n) is 2.26. The number of nitrogens with zero attached hydrogens (tertiary/aromatic N) is 2. The van der Waals surface area contributed by atoms with Crippen molar-refractivity contribution in [2.75, 3.05) is 26.8 Å². The van der Waals surface area contributed by atoms with Crippen LogP contribution in [0, 0.1) is 0 Å². The molecule has 0 aliphatic rings. The monoisotopic (exact) mass is 164 g/mol. The van der Waals surface area contributed by atoms with Crippen molar-refractivity contribution in [1.29, 1.82) is 0 Å². The normalized spacial score (nSPS) is 11.5. The first-order valence-electron chi connectivity index (χ1n) is 3.65. The Bertz CT molecular complexity index is 89.9. The van der Waals surface area contributed by atoms with Crippen molar-refractivity contribution in [3.8, 4) is 0 Å². The van der Waals surface area contributed by atoms with Gasteiger partial charge in [-0.15, -0.1) is 0 Å². The molecule has 0 fully saturated rings. The fourth-order valence-corrected chi connectivity index (χ4v) is 0.533. The number of likely N-dealkylation sites (N-methyl/N-ethyl adjacent to an activating group) is 1. The second kappa shape index (κ2) is 6.51. The Kier molecular flexibility index (Phi) is 6.39. The Morgan fingerprint density at radius 1 is 1.27 bits per heavy atom. The van der Waals surface area contributed by atoms with E-state index in [0.717, 1.165) is 6.42 Å². The van der Waals surface area contributed by atoms with Gasteiger partial charge in [0.2, 0.25) is 0 Å². The minimum absolute atomic E-state index is 0.0509. The van der Waals surface area contributed by atoms with Gasteiger partial charge in [-0.3, -0.25) is 10.4 Å². The summed E-state index contributed by atoms with van der Waals surface area (Å²) in [6.45, 7) is 3.70. The average Bonchev–Trinajstić information content (AvgIpc) is 1.97. The maximum Gasteiger partial charge on any atom is 0.0609 e. The van der Waals surface area contributed by atoms with Crippen LogP contribution in [0.15, 0.2) is 0 Å². The lowest BCUT2D eigenvalue weighted by Crippen LogP contribution is -2.36. The zero-order chi connectivity index (χ0) is 8.69. The highest BCUT2D eigenvalue weighted by molar-refractivity contribution is 4.36. The molecule has 0 rings (SSSR count). The molecule has 68 valence electrons. The molecule has 0 aliphatic carbocycles. The van der Waals surface area contributed by atoms with E-state index in [1.54, 1.807) is 7.05 Å². The minimum Gasteiger partial charge on any atom is -0.380 e. The maximum atomic E-state index is 8.44. The first-order valence-corrected chi connectivity index (χ1v) is 3.65. The van der Waals surface area contributed by atoms with Crippen LogP contribution in [0.3, 0.4) is 0 Å². The molecule has 0 radical (unpaired) electrons. The summed E-state index contributed by atoms with van der Waals surface area (Å²) < 4.78 is 5.11. The molecule has 0 bridgehead atoms. The molecule has 0 aromatic rings. The van der Waals surface area contributed by atoms with Crippen LogP contribution in [0.1, 0.15) is 13.3 Å². The van der Waals surface area contributed by atoms with E-state index in [0.29, 0.717) is 19.8 Å². The molecule has 0 amide bonds. The molecular weight excluding hydrogens is 148 g/mol. The number of hydrazine groups is 1. The van der Waals surface area contributed by atoms with Gasteiger partial charge in [0.05, 0.1) is 6.61 Å². The lowest BCUT2D eigenvalue weighted by atomic mass is 10.5. The highest BCUT2D eigenvalue weighted by atomic mass is 16.8. The molecular formula is C6H16N2O3. The Labute approximate surface area is 66.7 Å². The third kappa shape index (κ3) is 6.21. The molecule has 5 heteroatoms. The first-order chi connectivity index (χ1) is 5.18. The largest absolute Gasteiger partial charge is 0.380 e. The predicted octanol–water partition coefficient (Wildman–Crippen LogP) is 0.340. The quantitative estimate of drug-likeness (QED) is 0.438. The van der Waals surface area contributed by atoms with E-state index in [2.05, 4.69) is 0 Å². The van der Waals surface area contributed by atoms with E-state index >= 15 is 0 Å². The van der Waals surface area contributed by atoms with Gasteiger partial charge >= 0.3 is 0 Å². The molecule has 0 heterocycles. The van der Waals surface area contributed by atoms with Crippen LogP contribution in [-0.2, 0) is 4.74 Å². The molecule has 11 heavy (non-hydrogen) atoms. The summed E-state index contributed by atoms with van der Waals surface area (Å²) >= 11 is 0. The van der Waals surface area contributed by atoms with Crippen molar-refractivity contribution < 1.29 is 15.2 Å². The van der Waals surface area contributed by atoms with Crippen LogP contribution in [0.4, 0.5) is 0 Å². The Morgan fingerprint density at radius 3 is 2.36 bits per heavy atom. The van der Waals surface area contributed by atoms with Crippen molar-refractivity contribution >= 4 is 0 Å². The summed E-state index contributed by atoms with van der Waals surface area (Å²) in [7, 11) is 1.55. The van der Waals surface area contributed by atoms with Gasteiger partial charge in [0, 0.05) is 25.5 Å². The molecule has 0 saturated heterocycles. The van der Waals surface area contributed by atoms with E-state index < -0.39 is 0 Å². The molecule has 0 spiro atoms. The molecule has 5 nitrogen and oxygen atoms in total. The topological polar surface area (TPSA) is 56.2 Å². The SMILES string of the molecule is CCCOCCN(C)N(O)O. The van der Waals surface area contributed by atoms with Gasteiger partial charge in [-0.2, -0.15) is 5.01 Å². The summed E-state index contributed by atoms with van der Waals surface area (Å²) in [5, 5.41) is 18.2. The van der Waals surface area contributed by atoms with Crippen LogP contribution in [0.5, 0.6) is 0 Å². The lowest BCUT2D eigenvalue weighted by Gasteiger charge is -2.18. The zero-order valence-corrected chi connectivity index (χ0v) is 7.03. The van der Waals surface area contributed by atoms with Gasteiger partial charge in [0.15, 0.2) is 0 Å². The fourth-order valence-electron chi connectivity index (χ4n) is 0.533. The number of rotatable bonds is 6. The Morgan fingerprint density at radius 2 is 1.91 bits per heavy atom. The van der Waals surface area contributed by atoms with Gasteiger partial charge in [0.25, 0.3) is 0 Å². The highest BCUT2D eigenvalue weighted by Gasteiger charge is 2.02. The van der Waals surface area contributed by atoms with Crippen LogP contribution in [-0.4, -0.2) is 47.6 Å². The lowest BCUT2D eigenvalue weighted by molar-refractivity contribution is -0.413. The smallest absolute Gasteiger partial charge is 0.0609 e. The Balaban J connectivity index is 3.10. The summed E-state index contributed by atoms with van der Waals surface area (Å²) in [5.41, 5.74) is 0. The standard InChI is InChI=1S/C6H16N2O3/c1-3-5-11-6-4-7(2)8(9)10/h9-10H,3-6H2,1-2H3. The number of hydrogen-bond donors (Lipinski definition) is 2. The van der Waals surface area contributed by atoms with E-state index in [9.17, 15) is 0 Å². The second-order valence-corrected chi connectivity index (χ2v) is 2.26. The van der Waals surface area contributed by atoms with Crippen LogP contribution in [0.25, 0.3) is 0 Å². The van der Waals surface area contributed by atoms with Gasteiger partial charge in [-0.25, -0.2) is 0 Å².